The average Bonchev–Trinajstić information content (AvgIpc) is 2.38. The molecule has 2 aromatic carbocycles. The molecule has 0 spiro atoms. The van der Waals surface area contributed by atoms with Gasteiger partial charge in [0.1, 0.15) is 5.82 Å². The van der Waals surface area contributed by atoms with E-state index >= 15 is 0 Å². The Bertz CT molecular complexity index is 751. The lowest BCUT2D eigenvalue weighted by atomic mass is 10.2. The Labute approximate surface area is 121 Å². The van der Waals surface area contributed by atoms with Crippen molar-refractivity contribution < 1.29 is 22.7 Å². The van der Waals surface area contributed by atoms with Gasteiger partial charge in [-0.1, -0.05) is 24.3 Å². The lowest BCUT2D eigenvalue weighted by molar-refractivity contribution is -0.136. The quantitative estimate of drug-likeness (QED) is 0.921. The molecule has 1 N–H and O–H groups in total. The molecule has 0 aliphatic carbocycles. The summed E-state index contributed by atoms with van der Waals surface area (Å²) in [5.74, 6) is -1.77. The molecule has 21 heavy (non-hydrogen) atoms. The fourth-order valence-corrected chi connectivity index (χ4v) is 3.25. The van der Waals surface area contributed by atoms with Crippen LogP contribution in [0.4, 0.5) is 4.39 Å². The number of hydrogen-bond acceptors (Lipinski definition) is 3. The van der Waals surface area contributed by atoms with Gasteiger partial charge in [-0.15, -0.1) is 0 Å². The number of aliphatic carboxylic acids is 1. The van der Waals surface area contributed by atoms with Crippen LogP contribution in [0.15, 0.2) is 53.4 Å². The van der Waals surface area contributed by atoms with Crippen LogP contribution >= 0.6 is 0 Å². The highest BCUT2D eigenvalue weighted by Crippen LogP contribution is 2.18. The number of carbonyl (C=O) groups is 1. The SMILES string of the molecule is O=C(O)Cc1ccc(S(=O)(=O)Cc2cccc(F)c2)cc1. The number of carboxylic acid groups (broad SMARTS) is 1. The first kappa shape index (κ1) is 15.2. The van der Waals surface area contributed by atoms with E-state index in [0.717, 1.165) is 0 Å². The van der Waals surface area contributed by atoms with Gasteiger partial charge in [0.15, 0.2) is 9.84 Å². The molecule has 4 nitrogen and oxygen atoms in total. The molecule has 0 atom stereocenters. The van der Waals surface area contributed by atoms with Crippen molar-refractivity contribution in [3.63, 3.8) is 0 Å². The monoisotopic (exact) mass is 308 g/mol. The van der Waals surface area contributed by atoms with Crippen LogP contribution in [0.1, 0.15) is 11.1 Å². The Morgan fingerprint density at radius 3 is 2.29 bits per heavy atom. The zero-order valence-corrected chi connectivity index (χ0v) is 11.8. The molecule has 0 unspecified atom stereocenters. The van der Waals surface area contributed by atoms with Crippen molar-refractivity contribution in [3.05, 3.63) is 65.5 Å². The largest absolute Gasteiger partial charge is 0.481 e. The van der Waals surface area contributed by atoms with Gasteiger partial charge in [0.2, 0.25) is 0 Å². The third-order valence-electron chi connectivity index (χ3n) is 2.88. The van der Waals surface area contributed by atoms with Gasteiger partial charge in [-0.2, -0.15) is 0 Å². The van der Waals surface area contributed by atoms with Gasteiger partial charge in [-0.3, -0.25) is 4.79 Å². The van der Waals surface area contributed by atoms with Gasteiger partial charge in [-0.05, 0) is 35.4 Å². The molecule has 2 aromatic rings. The van der Waals surface area contributed by atoms with Crippen LogP contribution in [-0.2, 0) is 26.8 Å². The maximum Gasteiger partial charge on any atom is 0.307 e. The summed E-state index contributed by atoms with van der Waals surface area (Å²) in [5.41, 5.74) is 0.886. The third kappa shape index (κ3) is 4.13. The molecular formula is C15H13FO4S. The molecule has 0 fully saturated rings. The molecule has 2 rings (SSSR count). The van der Waals surface area contributed by atoms with E-state index in [1.54, 1.807) is 6.07 Å². The molecule has 0 saturated heterocycles. The minimum Gasteiger partial charge on any atom is -0.481 e. The van der Waals surface area contributed by atoms with Crippen molar-refractivity contribution in [3.8, 4) is 0 Å². The van der Waals surface area contributed by atoms with Crippen molar-refractivity contribution in [2.24, 2.45) is 0 Å². The van der Waals surface area contributed by atoms with Crippen LogP contribution in [-0.4, -0.2) is 19.5 Å². The molecule has 6 heteroatoms. The Balaban J connectivity index is 2.21. The van der Waals surface area contributed by atoms with Crippen molar-refractivity contribution in [1.82, 2.24) is 0 Å². The predicted octanol–water partition coefficient (Wildman–Crippen LogP) is 2.43. The average molecular weight is 308 g/mol. The van der Waals surface area contributed by atoms with E-state index in [2.05, 4.69) is 0 Å². The summed E-state index contributed by atoms with van der Waals surface area (Å²) in [6.45, 7) is 0. The first-order valence-corrected chi connectivity index (χ1v) is 7.80. The van der Waals surface area contributed by atoms with Crippen LogP contribution in [0.2, 0.25) is 0 Å². The summed E-state index contributed by atoms with van der Waals surface area (Å²) in [6.07, 6.45) is -0.162. The van der Waals surface area contributed by atoms with Gasteiger partial charge in [-0.25, -0.2) is 12.8 Å². The summed E-state index contributed by atoms with van der Waals surface area (Å²) in [4.78, 5) is 10.7. The first-order valence-electron chi connectivity index (χ1n) is 6.15. The molecule has 0 saturated carbocycles. The van der Waals surface area contributed by atoms with Crippen LogP contribution in [0, 0.1) is 5.82 Å². The van der Waals surface area contributed by atoms with Crippen molar-refractivity contribution in [1.29, 1.82) is 0 Å². The fraction of sp³-hybridized carbons (Fsp3) is 0.133. The standard InChI is InChI=1S/C15H13FO4S/c16-13-3-1-2-12(8-13)10-21(19,20)14-6-4-11(5-7-14)9-15(17)18/h1-8H,9-10H2,(H,17,18). The van der Waals surface area contributed by atoms with E-state index in [-0.39, 0.29) is 17.1 Å². The van der Waals surface area contributed by atoms with E-state index in [9.17, 15) is 17.6 Å². The zero-order valence-electron chi connectivity index (χ0n) is 11.0. The minimum atomic E-state index is -3.59. The highest BCUT2D eigenvalue weighted by molar-refractivity contribution is 7.90. The maximum atomic E-state index is 13.1. The highest BCUT2D eigenvalue weighted by atomic mass is 32.2. The van der Waals surface area contributed by atoms with E-state index < -0.39 is 21.6 Å². The first-order chi connectivity index (χ1) is 9.87. The Kier molecular flexibility index (Phi) is 4.37. The second-order valence-corrected chi connectivity index (χ2v) is 6.59. The van der Waals surface area contributed by atoms with Crippen molar-refractivity contribution in [2.75, 3.05) is 0 Å². The summed E-state index contributed by atoms with van der Waals surface area (Å²) < 4.78 is 37.5. The molecule has 0 aliphatic heterocycles. The maximum absolute atomic E-state index is 13.1. The number of benzene rings is 2. The molecular weight excluding hydrogens is 295 g/mol. The number of rotatable bonds is 5. The molecule has 0 radical (unpaired) electrons. The van der Waals surface area contributed by atoms with E-state index in [1.807, 2.05) is 0 Å². The van der Waals surface area contributed by atoms with Gasteiger partial charge >= 0.3 is 5.97 Å². The van der Waals surface area contributed by atoms with Crippen molar-refractivity contribution >= 4 is 15.8 Å². The van der Waals surface area contributed by atoms with Crippen LogP contribution in [0.3, 0.4) is 0 Å². The van der Waals surface area contributed by atoms with Gasteiger partial charge in [0.05, 0.1) is 17.1 Å². The molecule has 0 aliphatic rings. The number of carboxylic acids is 1. The zero-order chi connectivity index (χ0) is 15.5. The summed E-state index contributed by atoms with van der Waals surface area (Å²) in [5, 5.41) is 8.66. The number of halogens is 1. The lowest BCUT2D eigenvalue weighted by Gasteiger charge is -2.06. The third-order valence-corrected chi connectivity index (χ3v) is 4.59. The van der Waals surface area contributed by atoms with E-state index in [0.29, 0.717) is 11.1 Å². The van der Waals surface area contributed by atoms with Gasteiger partial charge < -0.3 is 5.11 Å². The molecule has 0 aromatic heterocycles. The smallest absolute Gasteiger partial charge is 0.307 e. The summed E-state index contributed by atoms with van der Waals surface area (Å²) >= 11 is 0. The topological polar surface area (TPSA) is 71.4 Å². The molecule has 110 valence electrons. The summed E-state index contributed by atoms with van der Waals surface area (Å²) in [7, 11) is -3.59. The number of sulfone groups is 1. The minimum absolute atomic E-state index is 0.0842. The lowest BCUT2D eigenvalue weighted by Crippen LogP contribution is -2.06. The Morgan fingerprint density at radius 2 is 1.71 bits per heavy atom. The Hall–Kier alpha value is -2.21. The van der Waals surface area contributed by atoms with Crippen LogP contribution < -0.4 is 0 Å². The van der Waals surface area contributed by atoms with Crippen LogP contribution in [0.25, 0.3) is 0 Å². The van der Waals surface area contributed by atoms with Crippen LogP contribution in [0.5, 0.6) is 0 Å². The number of hydrogen-bond donors (Lipinski definition) is 1. The highest BCUT2D eigenvalue weighted by Gasteiger charge is 2.15. The summed E-state index contributed by atoms with van der Waals surface area (Å²) in [6, 6.07) is 11.1. The molecule has 0 amide bonds. The van der Waals surface area contributed by atoms with E-state index in [4.69, 9.17) is 5.11 Å². The second kappa shape index (κ2) is 6.05. The molecule has 0 bridgehead atoms. The van der Waals surface area contributed by atoms with Gasteiger partial charge in [0.25, 0.3) is 0 Å². The normalized spacial score (nSPS) is 11.3. The second-order valence-electron chi connectivity index (χ2n) is 4.60. The predicted molar refractivity (Wildman–Crippen MR) is 75.1 cm³/mol. The van der Waals surface area contributed by atoms with Gasteiger partial charge in [0, 0.05) is 0 Å². The van der Waals surface area contributed by atoms with Crippen molar-refractivity contribution in [2.45, 2.75) is 17.1 Å². The van der Waals surface area contributed by atoms with E-state index in [1.165, 1.54) is 42.5 Å². The Morgan fingerprint density at radius 1 is 1.05 bits per heavy atom. The fourth-order valence-electron chi connectivity index (χ4n) is 1.92. The molecule has 0 heterocycles.